The third-order valence-electron chi connectivity index (χ3n) is 2.05. The van der Waals surface area contributed by atoms with Gasteiger partial charge in [0.05, 0.1) is 19.8 Å². The first-order valence-electron chi connectivity index (χ1n) is 5.44. The summed E-state index contributed by atoms with van der Waals surface area (Å²) < 4.78 is 10.4. The van der Waals surface area contributed by atoms with Crippen LogP contribution in [0.4, 0.5) is 0 Å². The second kappa shape index (κ2) is 8.29. The number of hydrogen-bond donors (Lipinski definition) is 3. The lowest BCUT2D eigenvalue weighted by Crippen LogP contribution is -2.16. The van der Waals surface area contributed by atoms with Gasteiger partial charge in [0.15, 0.2) is 0 Å². The summed E-state index contributed by atoms with van der Waals surface area (Å²) in [6, 6.07) is 3.61. The first-order chi connectivity index (χ1) is 7.86. The molecular formula is C11H19NO4. The summed E-state index contributed by atoms with van der Waals surface area (Å²) in [6.45, 7) is 2.55. The van der Waals surface area contributed by atoms with Gasteiger partial charge in [-0.05, 0) is 25.1 Å². The summed E-state index contributed by atoms with van der Waals surface area (Å²) in [5.74, 6) is 1.41. The molecule has 0 atom stereocenters. The number of hydrogen-bond acceptors (Lipinski definition) is 5. The summed E-state index contributed by atoms with van der Waals surface area (Å²) in [6.07, 6.45) is 0.896. The van der Waals surface area contributed by atoms with Crippen molar-refractivity contribution < 1.29 is 19.4 Å². The topological polar surface area (TPSA) is 74.9 Å². The van der Waals surface area contributed by atoms with Gasteiger partial charge in [0, 0.05) is 6.61 Å². The predicted octanol–water partition coefficient (Wildman–Crippen LogP) is 0.260. The molecule has 0 spiro atoms. The van der Waals surface area contributed by atoms with Crippen molar-refractivity contribution >= 4 is 0 Å². The fourth-order valence-corrected chi connectivity index (χ4v) is 1.28. The number of ether oxygens (including phenoxy) is 1. The Morgan fingerprint density at radius 1 is 1.19 bits per heavy atom. The van der Waals surface area contributed by atoms with E-state index in [0.717, 1.165) is 18.7 Å². The number of aliphatic hydroxyl groups excluding tert-OH is 2. The smallest absolute Gasteiger partial charge is 0.129 e. The largest absolute Gasteiger partial charge is 0.462 e. The van der Waals surface area contributed by atoms with Crippen LogP contribution in [0.3, 0.4) is 0 Å². The minimum Gasteiger partial charge on any atom is -0.462 e. The fourth-order valence-electron chi connectivity index (χ4n) is 1.28. The second-order valence-electron chi connectivity index (χ2n) is 3.39. The molecule has 16 heavy (non-hydrogen) atoms. The van der Waals surface area contributed by atoms with E-state index in [-0.39, 0.29) is 13.2 Å². The van der Waals surface area contributed by atoms with Crippen molar-refractivity contribution in [3.63, 3.8) is 0 Å². The molecule has 5 heteroatoms. The predicted molar refractivity (Wildman–Crippen MR) is 58.9 cm³/mol. The fraction of sp³-hybridized carbons (Fsp3) is 0.636. The Labute approximate surface area is 95.0 Å². The Hall–Kier alpha value is -0.880. The lowest BCUT2D eigenvalue weighted by atomic mass is 10.4. The quantitative estimate of drug-likeness (QED) is 0.530. The van der Waals surface area contributed by atoms with Crippen LogP contribution in [0.25, 0.3) is 0 Å². The third-order valence-corrected chi connectivity index (χ3v) is 2.05. The lowest BCUT2D eigenvalue weighted by Gasteiger charge is -2.03. The van der Waals surface area contributed by atoms with Gasteiger partial charge in [-0.25, -0.2) is 0 Å². The van der Waals surface area contributed by atoms with Crippen LogP contribution in [-0.4, -0.2) is 36.6 Å². The minimum atomic E-state index is -0.0605. The summed E-state index contributed by atoms with van der Waals surface area (Å²) in [5.41, 5.74) is 0. The third kappa shape index (κ3) is 5.27. The molecule has 1 aromatic rings. The number of furan rings is 1. The van der Waals surface area contributed by atoms with Gasteiger partial charge < -0.3 is 24.7 Å². The monoisotopic (exact) mass is 229 g/mol. The number of rotatable bonds is 9. The summed E-state index contributed by atoms with van der Waals surface area (Å²) >= 11 is 0. The molecular weight excluding hydrogens is 210 g/mol. The van der Waals surface area contributed by atoms with Crippen LogP contribution in [0.5, 0.6) is 0 Å². The molecule has 0 saturated heterocycles. The van der Waals surface area contributed by atoms with Crippen molar-refractivity contribution in [2.45, 2.75) is 19.6 Å². The highest BCUT2D eigenvalue weighted by Gasteiger charge is 1.99. The van der Waals surface area contributed by atoms with Gasteiger partial charge in [0.1, 0.15) is 18.1 Å². The highest BCUT2D eigenvalue weighted by atomic mass is 16.5. The van der Waals surface area contributed by atoms with Gasteiger partial charge in [-0.3, -0.25) is 0 Å². The molecule has 3 N–H and O–H groups in total. The summed E-state index contributed by atoms with van der Waals surface area (Å²) in [4.78, 5) is 0. The minimum absolute atomic E-state index is 0.0605. The van der Waals surface area contributed by atoms with E-state index in [1.807, 2.05) is 6.07 Å². The van der Waals surface area contributed by atoms with E-state index in [1.54, 1.807) is 6.07 Å². The highest BCUT2D eigenvalue weighted by Crippen LogP contribution is 2.06. The van der Waals surface area contributed by atoms with Crippen LogP contribution in [0.2, 0.25) is 0 Å². The molecule has 5 nitrogen and oxygen atoms in total. The summed E-state index contributed by atoms with van der Waals surface area (Å²) in [7, 11) is 0. The molecule has 0 fully saturated rings. The van der Waals surface area contributed by atoms with Gasteiger partial charge >= 0.3 is 0 Å². The molecule has 0 aliphatic carbocycles. The zero-order chi connectivity index (χ0) is 11.6. The SMILES string of the molecule is OCCOCCCNCc1ccc(CO)o1. The van der Waals surface area contributed by atoms with Crippen molar-refractivity contribution in [1.29, 1.82) is 0 Å². The van der Waals surface area contributed by atoms with E-state index < -0.39 is 0 Å². The van der Waals surface area contributed by atoms with Gasteiger partial charge in [-0.15, -0.1) is 0 Å². The van der Waals surface area contributed by atoms with Gasteiger partial charge in [-0.2, -0.15) is 0 Å². The zero-order valence-electron chi connectivity index (χ0n) is 9.32. The van der Waals surface area contributed by atoms with E-state index in [9.17, 15) is 0 Å². The molecule has 0 radical (unpaired) electrons. The van der Waals surface area contributed by atoms with Gasteiger partial charge in [0.2, 0.25) is 0 Å². The van der Waals surface area contributed by atoms with Gasteiger partial charge in [-0.1, -0.05) is 0 Å². The van der Waals surface area contributed by atoms with Crippen molar-refractivity contribution in [2.24, 2.45) is 0 Å². The standard InChI is InChI=1S/C11H19NO4/c13-5-7-15-6-1-4-12-8-10-2-3-11(9-14)16-10/h2-3,12-14H,1,4-9H2. The molecule has 0 aliphatic rings. The maximum absolute atomic E-state index is 8.79. The highest BCUT2D eigenvalue weighted by molar-refractivity contribution is 5.05. The number of nitrogens with one attached hydrogen (secondary N) is 1. The van der Waals surface area contributed by atoms with Crippen LogP contribution >= 0.6 is 0 Å². The van der Waals surface area contributed by atoms with Crippen LogP contribution in [0.1, 0.15) is 17.9 Å². The van der Waals surface area contributed by atoms with Crippen LogP contribution in [0, 0.1) is 0 Å². The normalized spacial score (nSPS) is 10.9. The van der Waals surface area contributed by atoms with E-state index in [4.69, 9.17) is 19.4 Å². The van der Waals surface area contributed by atoms with E-state index in [1.165, 1.54) is 0 Å². The average molecular weight is 229 g/mol. The number of aliphatic hydroxyl groups is 2. The Morgan fingerprint density at radius 2 is 2.00 bits per heavy atom. The first-order valence-corrected chi connectivity index (χ1v) is 5.44. The Kier molecular flexibility index (Phi) is 6.83. The van der Waals surface area contributed by atoms with Crippen molar-refractivity contribution in [2.75, 3.05) is 26.4 Å². The Balaban J connectivity index is 1.98. The zero-order valence-corrected chi connectivity index (χ0v) is 9.32. The molecule has 0 saturated carbocycles. The summed E-state index contributed by atoms with van der Waals surface area (Å²) in [5, 5.41) is 20.5. The van der Waals surface area contributed by atoms with Gasteiger partial charge in [0.25, 0.3) is 0 Å². The molecule has 1 heterocycles. The molecule has 0 amide bonds. The maximum Gasteiger partial charge on any atom is 0.129 e. The molecule has 0 bridgehead atoms. The second-order valence-corrected chi connectivity index (χ2v) is 3.39. The molecule has 0 unspecified atom stereocenters. The van der Waals surface area contributed by atoms with Crippen molar-refractivity contribution in [3.8, 4) is 0 Å². The molecule has 0 aromatic carbocycles. The molecule has 1 rings (SSSR count). The first kappa shape index (κ1) is 13.2. The van der Waals surface area contributed by atoms with Crippen molar-refractivity contribution in [1.82, 2.24) is 5.32 Å². The molecule has 0 aliphatic heterocycles. The Bertz CT molecular complexity index is 275. The van der Waals surface area contributed by atoms with Crippen LogP contribution in [0.15, 0.2) is 16.5 Å². The van der Waals surface area contributed by atoms with Crippen molar-refractivity contribution in [3.05, 3.63) is 23.7 Å². The van der Waals surface area contributed by atoms with Crippen LogP contribution in [-0.2, 0) is 17.9 Å². The van der Waals surface area contributed by atoms with Crippen LogP contribution < -0.4 is 5.32 Å². The molecule has 92 valence electrons. The maximum atomic E-state index is 8.79. The average Bonchev–Trinajstić information content (AvgIpc) is 2.76. The lowest BCUT2D eigenvalue weighted by molar-refractivity contribution is 0.0906. The van der Waals surface area contributed by atoms with E-state index in [2.05, 4.69) is 5.32 Å². The Morgan fingerprint density at radius 3 is 2.69 bits per heavy atom. The van der Waals surface area contributed by atoms with E-state index in [0.29, 0.717) is 25.5 Å². The molecule has 1 aromatic heterocycles. The van der Waals surface area contributed by atoms with E-state index >= 15 is 0 Å².